The molecule has 0 radical (unpaired) electrons. The first-order valence-electron chi connectivity index (χ1n) is 3.99. The summed E-state index contributed by atoms with van der Waals surface area (Å²) in [6.45, 7) is 4.42. The van der Waals surface area contributed by atoms with E-state index in [4.69, 9.17) is 11.6 Å². The molecule has 0 aliphatic carbocycles. The van der Waals surface area contributed by atoms with E-state index in [0.717, 1.165) is 5.02 Å². The molecule has 0 bridgehead atoms. The van der Waals surface area contributed by atoms with E-state index in [1.54, 1.807) is 0 Å². The molecule has 1 atom stereocenters. The van der Waals surface area contributed by atoms with Crippen molar-refractivity contribution in [1.82, 2.24) is 0 Å². The first-order valence-corrected chi connectivity index (χ1v) is 4.37. The molecule has 1 rings (SSSR count). The summed E-state index contributed by atoms with van der Waals surface area (Å²) >= 11 is 5.76. The van der Waals surface area contributed by atoms with Gasteiger partial charge in [0.2, 0.25) is 0 Å². The van der Waals surface area contributed by atoms with Crippen molar-refractivity contribution >= 4 is 11.6 Å². The van der Waals surface area contributed by atoms with Crippen LogP contribution in [0.5, 0.6) is 0 Å². The lowest BCUT2D eigenvalue weighted by molar-refractivity contribution is 0.734. The Kier molecular flexibility index (Phi) is 2.95. The predicted molar refractivity (Wildman–Crippen MR) is 50.2 cm³/mol. The van der Waals surface area contributed by atoms with Gasteiger partial charge in [-0.25, -0.2) is 0 Å². The number of hydrogen-bond acceptors (Lipinski definition) is 0. The highest BCUT2D eigenvalue weighted by Gasteiger charge is 2.00. The van der Waals surface area contributed by atoms with Gasteiger partial charge in [-0.05, 0) is 30.0 Å². The largest absolute Gasteiger partial charge is 0.0843 e. The molecule has 0 N–H and O–H groups in total. The monoisotopic (exact) mass is 168 g/mol. The molecule has 0 aliphatic heterocycles. The van der Waals surface area contributed by atoms with E-state index in [9.17, 15) is 0 Å². The summed E-state index contributed by atoms with van der Waals surface area (Å²) in [6.07, 6.45) is 1.18. The summed E-state index contributed by atoms with van der Waals surface area (Å²) in [7, 11) is 0. The Bertz CT molecular complexity index is 213. The quantitative estimate of drug-likeness (QED) is 0.629. The Morgan fingerprint density at radius 2 is 1.82 bits per heavy atom. The maximum atomic E-state index is 5.76. The van der Waals surface area contributed by atoms with Gasteiger partial charge in [0, 0.05) is 5.02 Å². The van der Waals surface area contributed by atoms with Gasteiger partial charge in [-0.15, -0.1) is 0 Å². The van der Waals surface area contributed by atoms with Crippen LogP contribution < -0.4 is 0 Å². The van der Waals surface area contributed by atoms with Crippen LogP contribution in [0.2, 0.25) is 5.02 Å². The Labute approximate surface area is 73.2 Å². The van der Waals surface area contributed by atoms with Gasteiger partial charge in [0.25, 0.3) is 0 Å². The van der Waals surface area contributed by atoms with E-state index in [1.165, 1.54) is 12.0 Å². The third-order valence-electron chi connectivity index (χ3n) is 2.05. The summed E-state index contributed by atoms with van der Waals surface area (Å²) in [4.78, 5) is 0. The minimum absolute atomic E-state index is 0.646. The zero-order valence-electron chi connectivity index (χ0n) is 6.97. The lowest BCUT2D eigenvalue weighted by Gasteiger charge is -2.07. The second kappa shape index (κ2) is 3.77. The van der Waals surface area contributed by atoms with Gasteiger partial charge in [0.1, 0.15) is 0 Å². The highest BCUT2D eigenvalue weighted by molar-refractivity contribution is 6.30. The second-order valence-corrected chi connectivity index (χ2v) is 3.30. The average molecular weight is 169 g/mol. The van der Waals surface area contributed by atoms with Crippen LogP contribution >= 0.6 is 11.6 Å². The standard InChI is InChI=1S/C10H13Cl/c1-3-8(2)9-4-6-10(11)7-5-9/h4-8H,3H2,1-2H3/t8-/m1/s1. The molecular formula is C10H13Cl. The minimum atomic E-state index is 0.646. The van der Waals surface area contributed by atoms with Crippen molar-refractivity contribution in [2.24, 2.45) is 0 Å². The molecule has 60 valence electrons. The van der Waals surface area contributed by atoms with Crippen molar-refractivity contribution in [3.8, 4) is 0 Å². The normalized spacial score (nSPS) is 13.0. The summed E-state index contributed by atoms with van der Waals surface area (Å²) < 4.78 is 0. The van der Waals surface area contributed by atoms with E-state index in [2.05, 4.69) is 26.0 Å². The molecule has 0 saturated heterocycles. The van der Waals surface area contributed by atoms with Crippen molar-refractivity contribution < 1.29 is 0 Å². The molecule has 0 heterocycles. The molecule has 1 aromatic carbocycles. The second-order valence-electron chi connectivity index (χ2n) is 2.86. The third kappa shape index (κ3) is 2.23. The van der Waals surface area contributed by atoms with Crippen LogP contribution in [0, 0.1) is 0 Å². The van der Waals surface area contributed by atoms with Gasteiger partial charge in [-0.2, -0.15) is 0 Å². The molecule has 11 heavy (non-hydrogen) atoms. The number of halogens is 1. The summed E-state index contributed by atoms with van der Waals surface area (Å²) in [5.74, 6) is 0.646. The van der Waals surface area contributed by atoms with Crippen molar-refractivity contribution in [1.29, 1.82) is 0 Å². The highest BCUT2D eigenvalue weighted by Crippen LogP contribution is 2.20. The number of rotatable bonds is 2. The van der Waals surface area contributed by atoms with Crippen LogP contribution in [0.15, 0.2) is 24.3 Å². The molecule has 0 unspecified atom stereocenters. The molecule has 0 saturated carbocycles. The fourth-order valence-corrected chi connectivity index (χ4v) is 1.15. The van der Waals surface area contributed by atoms with Crippen LogP contribution in [0.3, 0.4) is 0 Å². The van der Waals surface area contributed by atoms with Crippen molar-refractivity contribution in [3.05, 3.63) is 34.9 Å². The molecular weight excluding hydrogens is 156 g/mol. The zero-order valence-corrected chi connectivity index (χ0v) is 7.73. The van der Waals surface area contributed by atoms with E-state index in [0.29, 0.717) is 5.92 Å². The van der Waals surface area contributed by atoms with Crippen LogP contribution in [0.25, 0.3) is 0 Å². The fraction of sp³-hybridized carbons (Fsp3) is 0.400. The molecule has 1 heteroatoms. The summed E-state index contributed by atoms with van der Waals surface area (Å²) in [5, 5.41) is 0.817. The maximum Gasteiger partial charge on any atom is 0.0406 e. The van der Waals surface area contributed by atoms with Crippen molar-refractivity contribution in [2.45, 2.75) is 26.2 Å². The first-order chi connectivity index (χ1) is 5.24. The molecule has 0 spiro atoms. The fourth-order valence-electron chi connectivity index (χ4n) is 1.03. The van der Waals surface area contributed by atoms with Gasteiger partial charge in [-0.1, -0.05) is 37.6 Å². The molecule has 0 aliphatic rings. The summed E-state index contributed by atoms with van der Waals surface area (Å²) in [5.41, 5.74) is 1.37. The Morgan fingerprint density at radius 3 is 2.27 bits per heavy atom. The molecule has 0 amide bonds. The molecule has 0 fully saturated rings. The predicted octanol–water partition coefficient (Wildman–Crippen LogP) is 3.85. The number of benzene rings is 1. The van der Waals surface area contributed by atoms with Crippen LogP contribution in [-0.4, -0.2) is 0 Å². The van der Waals surface area contributed by atoms with E-state index in [-0.39, 0.29) is 0 Å². The van der Waals surface area contributed by atoms with Crippen LogP contribution in [0.4, 0.5) is 0 Å². The molecule has 0 aromatic heterocycles. The van der Waals surface area contributed by atoms with Gasteiger partial charge < -0.3 is 0 Å². The number of hydrogen-bond donors (Lipinski definition) is 0. The minimum Gasteiger partial charge on any atom is -0.0843 e. The third-order valence-corrected chi connectivity index (χ3v) is 2.30. The SMILES string of the molecule is CC[C@@H](C)c1ccc(Cl)cc1. The summed E-state index contributed by atoms with van der Waals surface area (Å²) in [6, 6.07) is 8.08. The average Bonchev–Trinajstić information content (AvgIpc) is 2.05. The van der Waals surface area contributed by atoms with Gasteiger partial charge in [0.15, 0.2) is 0 Å². The Balaban J connectivity index is 2.81. The smallest absolute Gasteiger partial charge is 0.0406 e. The lowest BCUT2D eigenvalue weighted by atomic mass is 9.99. The lowest BCUT2D eigenvalue weighted by Crippen LogP contribution is -1.89. The first kappa shape index (κ1) is 8.61. The molecule has 0 nitrogen and oxygen atoms in total. The molecule has 1 aromatic rings. The Hall–Kier alpha value is -0.490. The van der Waals surface area contributed by atoms with Crippen LogP contribution in [0.1, 0.15) is 31.7 Å². The van der Waals surface area contributed by atoms with Crippen molar-refractivity contribution in [3.63, 3.8) is 0 Å². The van der Waals surface area contributed by atoms with Gasteiger partial charge in [0.05, 0.1) is 0 Å². The van der Waals surface area contributed by atoms with Gasteiger partial charge in [-0.3, -0.25) is 0 Å². The zero-order chi connectivity index (χ0) is 8.27. The van der Waals surface area contributed by atoms with Gasteiger partial charge >= 0.3 is 0 Å². The van der Waals surface area contributed by atoms with E-state index < -0.39 is 0 Å². The maximum absolute atomic E-state index is 5.76. The van der Waals surface area contributed by atoms with E-state index in [1.807, 2.05) is 12.1 Å². The Morgan fingerprint density at radius 1 is 1.27 bits per heavy atom. The van der Waals surface area contributed by atoms with Crippen LogP contribution in [-0.2, 0) is 0 Å². The van der Waals surface area contributed by atoms with Crippen molar-refractivity contribution in [2.75, 3.05) is 0 Å². The van der Waals surface area contributed by atoms with E-state index >= 15 is 0 Å². The highest BCUT2D eigenvalue weighted by atomic mass is 35.5. The topological polar surface area (TPSA) is 0 Å².